The van der Waals surface area contributed by atoms with E-state index in [9.17, 15) is 34.8 Å². The number of sulfonamides is 2. The van der Waals surface area contributed by atoms with Crippen LogP contribution in [0.1, 0.15) is 24.8 Å². The first kappa shape index (κ1) is 26.0. The number of amides is 1. The van der Waals surface area contributed by atoms with E-state index < -0.39 is 44.2 Å². The van der Waals surface area contributed by atoms with Crippen LogP contribution in [0, 0.1) is 0 Å². The molecule has 0 spiro atoms. The lowest BCUT2D eigenvalue weighted by atomic mass is 10.2. The molecule has 8 nitrogen and oxygen atoms in total. The third-order valence-corrected chi connectivity index (χ3v) is 8.29. The smallest absolute Gasteiger partial charge is 0.325 e. The number of hydrogen-bond acceptors (Lipinski definition) is 5. The molecule has 3 rings (SSSR count). The maximum Gasteiger partial charge on any atom is 0.416 e. The number of carbonyl (C=O) groups is 1. The molecule has 186 valence electrons. The second kappa shape index (κ2) is 9.92. The Balaban J connectivity index is 1.74. The third kappa shape index (κ3) is 6.27. The van der Waals surface area contributed by atoms with E-state index in [1.807, 2.05) is 0 Å². The van der Waals surface area contributed by atoms with Crippen molar-refractivity contribution in [2.75, 3.05) is 35.5 Å². The van der Waals surface area contributed by atoms with Gasteiger partial charge in [0.05, 0.1) is 22.4 Å². The Morgan fingerprint density at radius 2 is 1.62 bits per heavy atom. The fourth-order valence-electron chi connectivity index (χ4n) is 3.53. The van der Waals surface area contributed by atoms with Crippen molar-refractivity contribution in [3.05, 3.63) is 54.1 Å². The van der Waals surface area contributed by atoms with Crippen LogP contribution >= 0.6 is 0 Å². The summed E-state index contributed by atoms with van der Waals surface area (Å²) in [5, 5.41) is 2.44. The lowest BCUT2D eigenvalue weighted by molar-refractivity contribution is -0.137. The zero-order chi connectivity index (χ0) is 25.1. The summed E-state index contributed by atoms with van der Waals surface area (Å²) in [6, 6.07) is 9.05. The maximum atomic E-state index is 13.0. The lowest BCUT2D eigenvalue weighted by Crippen LogP contribution is -2.37. The van der Waals surface area contributed by atoms with Crippen molar-refractivity contribution >= 4 is 37.3 Å². The molecule has 1 fully saturated rings. The molecule has 34 heavy (non-hydrogen) atoms. The molecule has 0 unspecified atom stereocenters. The Morgan fingerprint density at radius 3 is 2.18 bits per heavy atom. The number of alkyl halides is 3. The summed E-state index contributed by atoms with van der Waals surface area (Å²) >= 11 is 0. The summed E-state index contributed by atoms with van der Waals surface area (Å²) < 4.78 is 90.8. The van der Waals surface area contributed by atoms with Crippen molar-refractivity contribution in [2.24, 2.45) is 0 Å². The lowest BCUT2D eigenvalue weighted by Gasteiger charge is -2.26. The highest BCUT2D eigenvalue weighted by Gasteiger charge is 2.32. The number of rotatable bonds is 7. The zero-order valence-electron chi connectivity index (χ0n) is 18.2. The fourth-order valence-corrected chi connectivity index (χ4v) is 5.90. The third-order valence-electron chi connectivity index (χ3n) is 5.24. The number of carbonyl (C=O) groups excluding carboxylic acids is 1. The average Bonchev–Trinajstić information content (AvgIpc) is 2.77. The minimum atomic E-state index is -4.68. The van der Waals surface area contributed by atoms with Gasteiger partial charge >= 0.3 is 6.18 Å². The number of hydrogen-bond donors (Lipinski definition) is 1. The highest BCUT2D eigenvalue weighted by atomic mass is 32.2. The Morgan fingerprint density at radius 1 is 1.00 bits per heavy atom. The Labute approximate surface area is 196 Å². The van der Waals surface area contributed by atoms with Crippen molar-refractivity contribution < 1.29 is 34.8 Å². The van der Waals surface area contributed by atoms with E-state index in [1.165, 1.54) is 28.6 Å². The molecule has 0 bridgehead atoms. The summed E-state index contributed by atoms with van der Waals surface area (Å²) in [4.78, 5) is 12.6. The van der Waals surface area contributed by atoms with Crippen molar-refractivity contribution in [1.82, 2.24) is 4.31 Å². The topological polar surface area (TPSA) is 104 Å². The molecule has 0 atom stereocenters. The fraction of sp³-hybridized carbons (Fsp3) is 0.381. The van der Waals surface area contributed by atoms with Gasteiger partial charge in [0.25, 0.3) is 0 Å². The van der Waals surface area contributed by atoms with Crippen LogP contribution < -0.4 is 9.62 Å². The first-order valence-electron chi connectivity index (χ1n) is 10.3. The molecule has 0 aromatic heterocycles. The van der Waals surface area contributed by atoms with Crippen molar-refractivity contribution in [3.63, 3.8) is 0 Å². The van der Waals surface area contributed by atoms with Gasteiger partial charge in [0.15, 0.2) is 0 Å². The molecular weight excluding hydrogens is 495 g/mol. The van der Waals surface area contributed by atoms with Gasteiger partial charge in [-0.15, -0.1) is 0 Å². The first-order chi connectivity index (χ1) is 15.8. The maximum absolute atomic E-state index is 13.0. The predicted molar refractivity (Wildman–Crippen MR) is 121 cm³/mol. The Kier molecular flexibility index (Phi) is 7.58. The summed E-state index contributed by atoms with van der Waals surface area (Å²) in [5.74, 6) is -0.811. The molecule has 1 aliphatic rings. The van der Waals surface area contributed by atoms with E-state index in [1.54, 1.807) is 0 Å². The van der Waals surface area contributed by atoms with Crippen LogP contribution in [0.3, 0.4) is 0 Å². The van der Waals surface area contributed by atoms with E-state index >= 15 is 0 Å². The van der Waals surface area contributed by atoms with Crippen molar-refractivity contribution in [1.29, 1.82) is 0 Å². The Bertz CT molecular complexity index is 1240. The van der Waals surface area contributed by atoms with E-state index in [2.05, 4.69) is 5.32 Å². The molecular formula is C21H24F3N3O5S2. The number of anilines is 2. The molecule has 1 N–H and O–H groups in total. The summed E-state index contributed by atoms with van der Waals surface area (Å²) in [6.07, 6.45) is -1.35. The molecule has 1 saturated heterocycles. The van der Waals surface area contributed by atoms with Crippen LogP contribution in [0.2, 0.25) is 0 Å². The quantitative estimate of drug-likeness (QED) is 0.605. The SMILES string of the molecule is CS(=O)(=O)N(CC(=O)Nc1ccc(S(=O)(=O)N2CCCCC2)cc1)c1cccc(C(F)(F)F)c1. The number of nitrogens with zero attached hydrogens (tertiary/aromatic N) is 2. The molecule has 0 aliphatic carbocycles. The molecule has 2 aromatic rings. The van der Waals surface area contributed by atoms with Crippen LogP contribution in [0.15, 0.2) is 53.4 Å². The second-order valence-electron chi connectivity index (χ2n) is 7.86. The second-order valence-corrected chi connectivity index (χ2v) is 11.7. The minimum Gasteiger partial charge on any atom is -0.325 e. The van der Waals surface area contributed by atoms with Gasteiger partial charge in [-0.25, -0.2) is 16.8 Å². The number of halogens is 3. The monoisotopic (exact) mass is 519 g/mol. The molecule has 13 heteroatoms. The van der Waals surface area contributed by atoms with Crippen LogP contribution in [-0.4, -0.2) is 52.9 Å². The van der Waals surface area contributed by atoms with Gasteiger partial charge in [-0.1, -0.05) is 12.5 Å². The van der Waals surface area contributed by atoms with Crippen LogP contribution in [0.25, 0.3) is 0 Å². The molecule has 1 aliphatic heterocycles. The van der Waals surface area contributed by atoms with Gasteiger partial charge < -0.3 is 5.32 Å². The normalized spacial score (nSPS) is 15.6. The van der Waals surface area contributed by atoms with Crippen LogP contribution in [-0.2, 0) is 31.0 Å². The highest BCUT2D eigenvalue weighted by molar-refractivity contribution is 7.92. The largest absolute Gasteiger partial charge is 0.416 e. The van der Waals surface area contributed by atoms with E-state index in [-0.39, 0.29) is 16.3 Å². The highest BCUT2D eigenvalue weighted by Crippen LogP contribution is 2.32. The summed E-state index contributed by atoms with van der Waals surface area (Å²) in [5.41, 5.74) is -1.15. The summed E-state index contributed by atoms with van der Waals surface area (Å²) in [6.45, 7) is 0.114. The van der Waals surface area contributed by atoms with Crippen LogP contribution in [0.4, 0.5) is 24.5 Å². The summed E-state index contributed by atoms with van der Waals surface area (Å²) in [7, 11) is -7.74. The molecule has 1 heterocycles. The molecule has 0 radical (unpaired) electrons. The molecule has 0 saturated carbocycles. The van der Waals surface area contributed by atoms with Crippen molar-refractivity contribution in [3.8, 4) is 0 Å². The van der Waals surface area contributed by atoms with Gasteiger partial charge in [0, 0.05) is 18.8 Å². The van der Waals surface area contributed by atoms with Crippen molar-refractivity contribution in [2.45, 2.75) is 30.3 Å². The number of piperidine rings is 1. The van der Waals surface area contributed by atoms with E-state index in [0.29, 0.717) is 23.5 Å². The molecule has 1 amide bonds. The first-order valence-corrected chi connectivity index (χ1v) is 13.6. The predicted octanol–water partition coefficient (Wildman–Crippen LogP) is 3.28. The van der Waals surface area contributed by atoms with Crippen LogP contribution in [0.5, 0.6) is 0 Å². The van der Waals surface area contributed by atoms with Gasteiger partial charge in [-0.3, -0.25) is 9.10 Å². The Hall–Kier alpha value is -2.64. The zero-order valence-corrected chi connectivity index (χ0v) is 19.9. The van der Waals surface area contributed by atoms with Gasteiger partial charge in [-0.05, 0) is 55.3 Å². The standard InChI is InChI=1S/C21H24F3N3O5S2/c1-33(29,30)27(18-7-5-6-16(14-18)21(22,23)24)15-20(28)25-17-8-10-19(11-9-17)34(31,32)26-12-3-2-4-13-26/h5-11,14H,2-4,12-13,15H2,1H3,(H,25,28). The van der Waals surface area contributed by atoms with Gasteiger partial charge in [0.2, 0.25) is 26.0 Å². The number of nitrogens with one attached hydrogen (secondary N) is 1. The van der Waals surface area contributed by atoms with Gasteiger partial charge in [0.1, 0.15) is 6.54 Å². The average molecular weight is 520 g/mol. The number of benzene rings is 2. The van der Waals surface area contributed by atoms with E-state index in [4.69, 9.17) is 0 Å². The minimum absolute atomic E-state index is 0.0640. The molecule has 2 aromatic carbocycles. The van der Waals surface area contributed by atoms with Gasteiger partial charge in [-0.2, -0.15) is 17.5 Å². The van der Waals surface area contributed by atoms with E-state index in [0.717, 1.165) is 43.7 Å².